The first-order valence-corrected chi connectivity index (χ1v) is 13.2. The second kappa shape index (κ2) is 11.8. The molecule has 194 valence electrons. The molecule has 4 rings (SSSR count). The molecule has 0 amide bonds. The smallest absolute Gasteiger partial charge is 0.232 e. The summed E-state index contributed by atoms with van der Waals surface area (Å²) in [5.74, 6) is 0.939. The normalized spacial score (nSPS) is 22.1. The minimum Gasteiger partial charge on any atom is -0.475 e. The molecule has 0 spiro atoms. The van der Waals surface area contributed by atoms with Gasteiger partial charge in [-0.15, -0.1) is 0 Å². The molecular weight excluding hydrogens is 478 g/mol. The van der Waals surface area contributed by atoms with Crippen molar-refractivity contribution in [2.45, 2.75) is 70.4 Å². The van der Waals surface area contributed by atoms with Gasteiger partial charge in [-0.05, 0) is 70.8 Å². The summed E-state index contributed by atoms with van der Waals surface area (Å²) in [6.45, 7) is 5.66. The summed E-state index contributed by atoms with van der Waals surface area (Å²) < 4.78 is 11.3. The zero-order valence-corrected chi connectivity index (χ0v) is 21.9. The van der Waals surface area contributed by atoms with E-state index in [9.17, 15) is 10.4 Å². The van der Waals surface area contributed by atoms with Crippen molar-refractivity contribution < 1.29 is 14.6 Å². The SMILES string of the molecule is CC(C)(O)CNC1CCC(Cc2cc(-c3cncc(OCC4(C#N)CCOCC4)n3)c(Cl)cn2)CC1. The molecule has 3 heterocycles. The zero-order valence-electron chi connectivity index (χ0n) is 21.2. The van der Waals surface area contributed by atoms with Crippen LogP contribution >= 0.6 is 11.6 Å². The van der Waals surface area contributed by atoms with E-state index in [0.29, 0.717) is 61.2 Å². The molecule has 0 bridgehead atoms. The molecule has 2 aromatic heterocycles. The van der Waals surface area contributed by atoms with E-state index in [0.717, 1.165) is 43.4 Å². The molecule has 36 heavy (non-hydrogen) atoms. The highest BCUT2D eigenvalue weighted by atomic mass is 35.5. The third-order valence-electron chi connectivity index (χ3n) is 7.15. The minimum absolute atomic E-state index is 0.258. The van der Waals surface area contributed by atoms with Crippen molar-refractivity contribution >= 4 is 11.6 Å². The number of pyridine rings is 1. The van der Waals surface area contributed by atoms with Crippen molar-refractivity contribution in [2.75, 3.05) is 26.4 Å². The fraction of sp³-hybridized carbons (Fsp3) is 0.630. The number of nitrogens with zero attached hydrogens (tertiary/aromatic N) is 4. The molecule has 1 saturated heterocycles. The molecule has 2 aliphatic rings. The van der Waals surface area contributed by atoms with Gasteiger partial charge in [0.2, 0.25) is 5.88 Å². The first kappa shape index (κ1) is 26.7. The standard InChI is InChI=1S/C27H36ClN5O3/c1-26(2,34)17-32-20-5-3-19(4-6-20)11-21-12-22(23(28)13-31-21)24-14-30-15-25(33-24)36-18-27(16-29)7-9-35-10-8-27/h12-15,19-20,32,34H,3-11,17-18H2,1-2H3. The monoisotopic (exact) mass is 513 g/mol. The highest BCUT2D eigenvalue weighted by Gasteiger charge is 2.34. The summed E-state index contributed by atoms with van der Waals surface area (Å²) in [7, 11) is 0. The molecule has 2 aromatic rings. The Labute approximate surface area is 218 Å². The van der Waals surface area contributed by atoms with E-state index in [2.05, 4.69) is 26.3 Å². The van der Waals surface area contributed by atoms with E-state index in [1.54, 1.807) is 18.6 Å². The number of nitriles is 1. The molecule has 2 N–H and O–H groups in total. The predicted molar refractivity (Wildman–Crippen MR) is 138 cm³/mol. The Bertz CT molecular complexity index is 1050. The van der Waals surface area contributed by atoms with Crippen molar-refractivity contribution in [3.63, 3.8) is 0 Å². The maximum atomic E-state index is 9.95. The van der Waals surface area contributed by atoms with Gasteiger partial charge in [0.1, 0.15) is 6.61 Å². The van der Waals surface area contributed by atoms with Gasteiger partial charge < -0.3 is 19.9 Å². The molecule has 0 radical (unpaired) electrons. The lowest BCUT2D eigenvalue weighted by molar-refractivity contribution is 0.0182. The molecule has 2 fully saturated rings. The van der Waals surface area contributed by atoms with Gasteiger partial charge in [0, 0.05) is 43.3 Å². The van der Waals surface area contributed by atoms with Gasteiger partial charge in [0.25, 0.3) is 0 Å². The number of aliphatic hydroxyl groups is 1. The first-order valence-electron chi connectivity index (χ1n) is 12.8. The van der Waals surface area contributed by atoms with Crippen LogP contribution in [-0.4, -0.2) is 58.1 Å². The molecule has 1 aliphatic heterocycles. The maximum Gasteiger partial charge on any atom is 0.232 e. The third kappa shape index (κ3) is 7.36. The van der Waals surface area contributed by atoms with Crippen molar-refractivity contribution in [3.8, 4) is 23.2 Å². The highest BCUT2D eigenvalue weighted by Crippen LogP contribution is 2.33. The van der Waals surface area contributed by atoms with Crippen molar-refractivity contribution in [3.05, 3.63) is 35.4 Å². The van der Waals surface area contributed by atoms with Crippen LogP contribution in [0, 0.1) is 22.7 Å². The van der Waals surface area contributed by atoms with Crippen LogP contribution in [0.25, 0.3) is 11.3 Å². The Morgan fingerprint density at radius 3 is 2.67 bits per heavy atom. The van der Waals surface area contributed by atoms with Crippen LogP contribution in [0.1, 0.15) is 58.1 Å². The van der Waals surface area contributed by atoms with Crippen LogP contribution < -0.4 is 10.1 Å². The molecule has 1 saturated carbocycles. The molecule has 0 unspecified atom stereocenters. The van der Waals surface area contributed by atoms with Crippen molar-refractivity contribution in [2.24, 2.45) is 11.3 Å². The average Bonchev–Trinajstić information content (AvgIpc) is 2.88. The largest absolute Gasteiger partial charge is 0.475 e. The Morgan fingerprint density at radius 2 is 1.97 bits per heavy atom. The summed E-state index contributed by atoms with van der Waals surface area (Å²) >= 11 is 6.50. The van der Waals surface area contributed by atoms with Gasteiger partial charge in [0.15, 0.2) is 0 Å². The summed E-state index contributed by atoms with van der Waals surface area (Å²) in [6.07, 6.45) is 11.5. The van der Waals surface area contributed by atoms with Crippen molar-refractivity contribution in [1.82, 2.24) is 20.3 Å². The van der Waals surface area contributed by atoms with Gasteiger partial charge in [-0.2, -0.15) is 5.26 Å². The van der Waals surface area contributed by atoms with E-state index >= 15 is 0 Å². The predicted octanol–water partition coefficient (Wildman–Crippen LogP) is 4.35. The summed E-state index contributed by atoms with van der Waals surface area (Å²) in [6, 6.07) is 4.87. The van der Waals surface area contributed by atoms with Crippen LogP contribution in [-0.2, 0) is 11.2 Å². The van der Waals surface area contributed by atoms with E-state index < -0.39 is 11.0 Å². The molecule has 0 atom stereocenters. The van der Waals surface area contributed by atoms with Gasteiger partial charge in [-0.25, -0.2) is 4.98 Å². The second-order valence-corrected chi connectivity index (χ2v) is 11.2. The van der Waals surface area contributed by atoms with Crippen LogP contribution in [0.4, 0.5) is 0 Å². The van der Waals surface area contributed by atoms with Gasteiger partial charge in [-0.3, -0.25) is 9.97 Å². The molecule has 0 aromatic carbocycles. The van der Waals surface area contributed by atoms with Gasteiger partial charge >= 0.3 is 0 Å². The van der Waals surface area contributed by atoms with Gasteiger partial charge in [0.05, 0.1) is 40.2 Å². The zero-order chi connectivity index (χ0) is 25.6. The van der Waals surface area contributed by atoms with E-state index in [1.165, 1.54) is 0 Å². The third-order valence-corrected chi connectivity index (χ3v) is 7.45. The lowest BCUT2D eigenvalue weighted by atomic mass is 9.83. The molecule has 9 heteroatoms. The topological polar surface area (TPSA) is 113 Å². The average molecular weight is 514 g/mol. The lowest BCUT2D eigenvalue weighted by Gasteiger charge is -2.31. The molecular formula is C27H36ClN5O3. The molecule has 8 nitrogen and oxygen atoms in total. The number of aromatic nitrogens is 3. The summed E-state index contributed by atoms with van der Waals surface area (Å²) in [5, 5.41) is 23.6. The van der Waals surface area contributed by atoms with E-state index in [-0.39, 0.29) is 6.61 Å². The number of hydrogen-bond donors (Lipinski definition) is 2. The van der Waals surface area contributed by atoms with Crippen LogP contribution in [0.15, 0.2) is 24.7 Å². The Morgan fingerprint density at radius 1 is 1.22 bits per heavy atom. The van der Waals surface area contributed by atoms with E-state index in [1.807, 2.05) is 19.9 Å². The Hall–Kier alpha value is -2.31. The summed E-state index contributed by atoms with van der Waals surface area (Å²) in [5.41, 5.74) is 1.15. The summed E-state index contributed by atoms with van der Waals surface area (Å²) in [4.78, 5) is 13.5. The molecule has 1 aliphatic carbocycles. The van der Waals surface area contributed by atoms with Crippen LogP contribution in [0.2, 0.25) is 5.02 Å². The van der Waals surface area contributed by atoms with Gasteiger partial charge in [-0.1, -0.05) is 11.6 Å². The highest BCUT2D eigenvalue weighted by molar-refractivity contribution is 6.33. The van der Waals surface area contributed by atoms with Crippen molar-refractivity contribution in [1.29, 1.82) is 5.26 Å². The first-order chi connectivity index (χ1) is 17.3. The van der Waals surface area contributed by atoms with Crippen LogP contribution in [0.3, 0.4) is 0 Å². The Kier molecular flexibility index (Phi) is 8.78. The lowest BCUT2D eigenvalue weighted by Crippen LogP contribution is -2.42. The fourth-order valence-electron chi connectivity index (χ4n) is 4.86. The quantitative estimate of drug-likeness (QED) is 0.508. The fourth-order valence-corrected chi connectivity index (χ4v) is 5.06. The number of halogens is 1. The maximum absolute atomic E-state index is 9.95. The minimum atomic E-state index is -0.687. The number of hydrogen-bond acceptors (Lipinski definition) is 8. The number of rotatable bonds is 9. The van der Waals surface area contributed by atoms with E-state index in [4.69, 9.17) is 21.1 Å². The number of ether oxygens (including phenoxy) is 2. The Balaban J connectivity index is 1.37. The van der Waals surface area contributed by atoms with Crippen LogP contribution in [0.5, 0.6) is 5.88 Å². The second-order valence-electron chi connectivity index (χ2n) is 10.8. The number of nitrogens with one attached hydrogen (secondary N) is 1.